The Labute approximate surface area is 173 Å². The van der Waals surface area contributed by atoms with Crippen LogP contribution in [0.1, 0.15) is 36.9 Å². The van der Waals surface area contributed by atoms with Gasteiger partial charge in [0.1, 0.15) is 11.3 Å². The molecule has 6 nitrogen and oxygen atoms in total. The maximum Gasteiger partial charge on any atom is 0.374 e. The van der Waals surface area contributed by atoms with Crippen LogP contribution >= 0.6 is 0 Å². The molecule has 0 spiro atoms. The molecule has 5 rings (SSSR count). The van der Waals surface area contributed by atoms with E-state index in [-0.39, 0.29) is 11.7 Å². The lowest BCUT2D eigenvalue weighted by molar-refractivity contribution is -0.648. The topological polar surface area (TPSA) is 77.5 Å². The lowest BCUT2D eigenvalue weighted by Crippen LogP contribution is -2.43. The van der Waals surface area contributed by atoms with Gasteiger partial charge in [-0.15, -0.1) is 9.67 Å². The lowest BCUT2D eigenvalue weighted by atomic mass is 9.78. The summed E-state index contributed by atoms with van der Waals surface area (Å²) in [7, 11) is 0. The molecule has 3 N–H and O–H groups in total. The second-order valence-electron chi connectivity index (χ2n) is 7.99. The quantitative estimate of drug-likeness (QED) is 0.449. The summed E-state index contributed by atoms with van der Waals surface area (Å²) in [6.45, 7) is 1.92. The Hall–Kier alpha value is -3.48. The Balaban J connectivity index is 1.52. The molecule has 7 heteroatoms. The van der Waals surface area contributed by atoms with Gasteiger partial charge in [-0.25, -0.2) is 4.39 Å². The number of imidazole rings is 1. The third-order valence-corrected chi connectivity index (χ3v) is 5.98. The number of aromatic amines is 2. The zero-order valence-corrected chi connectivity index (χ0v) is 16.7. The van der Waals surface area contributed by atoms with Crippen molar-refractivity contribution < 1.29 is 13.9 Å². The van der Waals surface area contributed by atoms with Crippen LogP contribution < -0.4 is 10.00 Å². The van der Waals surface area contributed by atoms with Gasteiger partial charge in [-0.1, -0.05) is 37.1 Å². The molecule has 0 atom stereocenters. The molecule has 152 valence electrons. The van der Waals surface area contributed by atoms with Crippen LogP contribution in [0, 0.1) is 12.7 Å². The van der Waals surface area contributed by atoms with Gasteiger partial charge in [-0.05, 0) is 49.6 Å². The van der Waals surface area contributed by atoms with E-state index in [9.17, 15) is 9.18 Å². The van der Waals surface area contributed by atoms with Crippen molar-refractivity contribution in [2.45, 2.75) is 38.0 Å². The Morgan fingerprint density at radius 3 is 2.70 bits per heavy atom. The van der Waals surface area contributed by atoms with Crippen LogP contribution in [0.15, 0.2) is 54.6 Å². The second kappa shape index (κ2) is 7.09. The maximum atomic E-state index is 13.9. The first kappa shape index (κ1) is 18.5. The van der Waals surface area contributed by atoms with Crippen molar-refractivity contribution in [3.8, 4) is 5.95 Å². The van der Waals surface area contributed by atoms with Gasteiger partial charge in [0, 0.05) is 11.8 Å². The fraction of sp³-hybridized carbons (Fsp3) is 0.261. The van der Waals surface area contributed by atoms with Crippen molar-refractivity contribution >= 4 is 22.8 Å². The monoisotopic (exact) mass is 404 g/mol. The number of para-hydroxylation sites is 2. The van der Waals surface area contributed by atoms with Gasteiger partial charge in [0.05, 0.1) is 5.41 Å². The number of fused-ring (bicyclic) bond motifs is 1. The molecular formula is C23H23FN5O+. The van der Waals surface area contributed by atoms with Gasteiger partial charge in [-0.3, -0.25) is 20.2 Å². The van der Waals surface area contributed by atoms with Crippen molar-refractivity contribution in [3.63, 3.8) is 0 Å². The molecule has 0 unspecified atom stereocenters. The van der Waals surface area contributed by atoms with Crippen molar-refractivity contribution in [1.29, 1.82) is 0 Å². The minimum atomic E-state index is -0.723. The smallest absolute Gasteiger partial charge is 0.260 e. The van der Waals surface area contributed by atoms with Crippen molar-refractivity contribution in [1.82, 2.24) is 15.1 Å². The van der Waals surface area contributed by atoms with Crippen LogP contribution in [0.4, 0.5) is 10.2 Å². The number of carbonyl (C=O) groups excluding carboxylic acids is 1. The first-order valence-corrected chi connectivity index (χ1v) is 10.2. The van der Waals surface area contributed by atoms with Crippen LogP contribution in [0.2, 0.25) is 0 Å². The number of hydrogen-bond acceptors (Lipinski definition) is 2. The number of hydrogen-bond donors (Lipinski definition) is 3. The van der Waals surface area contributed by atoms with Crippen LogP contribution in [0.5, 0.6) is 0 Å². The van der Waals surface area contributed by atoms with E-state index in [2.05, 4.69) is 20.4 Å². The third kappa shape index (κ3) is 3.07. The molecule has 30 heavy (non-hydrogen) atoms. The van der Waals surface area contributed by atoms with E-state index in [0.717, 1.165) is 35.1 Å². The molecule has 2 aromatic heterocycles. The fourth-order valence-corrected chi connectivity index (χ4v) is 4.49. The summed E-state index contributed by atoms with van der Waals surface area (Å²) in [4.78, 5) is 21.4. The highest BCUT2D eigenvalue weighted by Crippen LogP contribution is 2.42. The van der Waals surface area contributed by atoms with Crippen LogP contribution in [0.25, 0.3) is 17.0 Å². The zero-order valence-electron chi connectivity index (χ0n) is 16.7. The van der Waals surface area contributed by atoms with Crippen molar-refractivity contribution in [2.24, 2.45) is 0 Å². The van der Waals surface area contributed by atoms with Gasteiger partial charge in [0.25, 0.3) is 5.91 Å². The highest BCUT2D eigenvalue weighted by molar-refractivity contribution is 5.98. The molecular weight excluding hydrogens is 381 g/mol. The molecule has 2 heterocycles. The molecule has 0 bridgehead atoms. The van der Waals surface area contributed by atoms with E-state index in [1.165, 1.54) is 12.1 Å². The summed E-state index contributed by atoms with van der Waals surface area (Å²) in [5, 5.41) is 6.31. The lowest BCUT2D eigenvalue weighted by Gasteiger charge is -2.26. The van der Waals surface area contributed by atoms with E-state index >= 15 is 0 Å². The number of amides is 1. The highest BCUT2D eigenvalue weighted by atomic mass is 19.1. The Morgan fingerprint density at radius 2 is 1.93 bits per heavy atom. The zero-order chi connectivity index (χ0) is 20.7. The summed E-state index contributed by atoms with van der Waals surface area (Å²) in [6, 6.07) is 16.1. The van der Waals surface area contributed by atoms with E-state index in [1.54, 1.807) is 10.7 Å². The number of halogens is 1. The standard InChI is InChI=1S/C23H22FN5O/c1-15-13-20(29(28-15)22-25-18-9-2-3-10-19(18)26-22)27-21(30)23(11-4-5-12-23)16-7-6-8-17(24)14-16/h2-3,6-10,13-14H,4-5,11-12H2,1H3,(H2,25,26,27,28,30)/p+1. The fourth-order valence-electron chi connectivity index (χ4n) is 4.49. The van der Waals surface area contributed by atoms with Gasteiger partial charge in [-0.2, -0.15) is 0 Å². The molecule has 1 aliphatic rings. The Kier molecular flexibility index (Phi) is 4.38. The number of anilines is 1. The van der Waals surface area contributed by atoms with E-state index in [0.29, 0.717) is 24.6 Å². The molecule has 0 aliphatic heterocycles. The molecule has 1 fully saturated rings. The molecule has 1 amide bonds. The Morgan fingerprint density at radius 1 is 1.13 bits per heavy atom. The van der Waals surface area contributed by atoms with Crippen molar-refractivity contribution in [2.75, 3.05) is 5.32 Å². The SMILES string of the molecule is Cc1cc(NC(=O)C2(c3cccc(F)c3)CCCC2)[n+](-c2nc3ccccc3[nH]2)[nH]1. The number of H-pyrrole nitrogens is 2. The number of nitrogens with zero attached hydrogens (tertiary/aromatic N) is 2. The second-order valence-corrected chi connectivity index (χ2v) is 7.99. The number of aryl methyl sites for hydroxylation is 1. The van der Waals surface area contributed by atoms with Gasteiger partial charge < -0.3 is 0 Å². The summed E-state index contributed by atoms with van der Waals surface area (Å²) in [5.41, 5.74) is 2.66. The third-order valence-electron chi connectivity index (χ3n) is 5.98. The largest absolute Gasteiger partial charge is 0.374 e. The summed E-state index contributed by atoms with van der Waals surface area (Å²) >= 11 is 0. The average Bonchev–Trinajstić information content (AvgIpc) is 3.46. The van der Waals surface area contributed by atoms with Crippen LogP contribution in [-0.2, 0) is 10.2 Å². The average molecular weight is 404 g/mol. The molecule has 2 aromatic carbocycles. The number of rotatable bonds is 4. The Bertz CT molecular complexity index is 1200. The van der Waals surface area contributed by atoms with E-state index in [1.807, 2.05) is 43.3 Å². The first-order chi connectivity index (χ1) is 14.5. The van der Waals surface area contributed by atoms with Crippen LogP contribution in [-0.4, -0.2) is 21.0 Å². The van der Waals surface area contributed by atoms with Gasteiger partial charge >= 0.3 is 5.95 Å². The molecule has 0 radical (unpaired) electrons. The first-order valence-electron chi connectivity index (χ1n) is 10.2. The van der Waals surface area contributed by atoms with E-state index < -0.39 is 5.41 Å². The number of benzene rings is 2. The summed E-state index contributed by atoms with van der Waals surface area (Å²) in [5.74, 6) is 0.751. The number of nitrogens with one attached hydrogen (secondary N) is 3. The van der Waals surface area contributed by atoms with Gasteiger partial charge in [0.2, 0.25) is 5.82 Å². The number of aromatic nitrogens is 4. The molecule has 0 saturated heterocycles. The molecule has 1 saturated carbocycles. The maximum absolute atomic E-state index is 13.9. The minimum absolute atomic E-state index is 0.116. The minimum Gasteiger partial charge on any atom is -0.260 e. The predicted octanol–water partition coefficient (Wildman–Crippen LogP) is 4.07. The normalized spacial score (nSPS) is 15.5. The molecule has 4 aromatic rings. The van der Waals surface area contributed by atoms with E-state index in [4.69, 9.17) is 0 Å². The van der Waals surface area contributed by atoms with Crippen molar-refractivity contribution in [3.05, 3.63) is 71.7 Å². The summed E-state index contributed by atoms with van der Waals surface area (Å²) in [6.07, 6.45) is 3.30. The van der Waals surface area contributed by atoms with Gasteiger partial charge in [0.15, 0.2) is 5.52 Å². The highest BCUT2D eigenvalue weighted by Gasteiger charge is 2.44. The van der Waals surface area contributed by atoms with Crippen LogP contribution in [0.3, 0.4) is 0 Å². The number of carbonyl (C=O) groups is 1. The summed E-state index contributed by atoms with van der Waals surface area (Å²) < 4.78 is 15.7. The predicted molar refractivity (Wildman–Crippen MR) is 112 cm³/mol. The molecule has 1 aliphatic carbocycles.